The quantitative estimate of drug-likeness (QED) is 0.708. The highest BCUT2D eigenvalue weighted by Gasteiger charge is 2.27. The molecule has 1 aromatic carbocycles. The number of rotatable bonds is 3. The Morgan fingerprint density at radius 1 is 1.04 bits per heavy atom. The Morgan fingerprint density at radius 2 is 1.77 bits per heavy atom. The van der Waals surface area contributed by atoms with Crippen molar-refractivity contribution in [2.24, 2.45) is 7.05 Å². The van der Waals surface area contributed by atoms with E-state index in [9.17, 15) is 4.79 Å². The topological polar surface area (TPSA) is 68.8 Å². The SMILES string of the molecule is Cn1nc(C2CCN(c3ccc(Cl)nn3)CC2)n(-c2ccccc2)c1=O. The van der Waals surface area contributed by atoms with Gasteiger partial charge in [0.1, 0.15) is 5.82 Å². The highest BCUT2D eigenvalue weighted by atomic mass is 35.5. The molecule has 0 saturated carbocycles. The van der Waals surface area contributed by atoms with E-state index in [0.717, 1.165) is 43.3 Å². The minimum Gasteiger partial charge on any atom is -0.355 e. The van der Waals surface area contributed by atoms with Gasteiger partial charge in [0.05, 0.1) is 5.69 Å². The number of hydrogen-bond acceptors (Lipinski definition) is 5. The first kappa shape index (κ1) is 16.8. The Hall–Kier alpha value is -2.67. The molecule has 1 saturated heterocycles. The van der Waals surface area contributed by atoms with E-state index in [2.05, 4.69) is 20.2 Å². The number of para-hydroxylation sites is 1. The van der Waals surface area contributed by atoms with Crippen molar-refractivity contribution in [1.82, 2.24) is 24.5 Å². The van der Waals surface area contributed by atoms with Crippen molar-refractivity contribution in [3.05, 3.63) is 63.9 Å². The summed E-state index contributed by atoms with van der Waals surface area (Å²) in [5, 5.41) is 13.0. The molecule has 1 fully saturated rings. The molecular weight excluding hydrogens is 352 g/mol. The molecule has 3 heterocycles. The molecular formula is C18H19ClN6O. The van der Waals surface area contributed by atoms with E-state index in [1.807, 2.05) is 36.4 Å². The maximum atomic E-state index is 12.6. The number of aromatic nitrogens is 5. The standard InChI is InChI=1S/C18H19ClN6O/c1-23-18(26)25(14-5-3-2-4-6-14)17(22-23)13-9-11-24(12-10-13)16-8-7-15(19)20-21-16/h2-8,13H,9-12H2,1H3. The van der Waals surface area contributed by atoms with E-state index >= 15 is 0 Å². The summed E-state index contributed by atoms with van der Waals surface area (Å²) in [6, 6.07) is 13.3. The van der Waals surface area contributed by atoms with Gasteiger partial charge in [-0.15, -0.1) is 10.2 Å². The highest BCUT2D eigenvalue weighted by Crippen LogP contribution is 2.29. The lowest BCUT2D eigenvalue weighted by Gasteiger charge is -2.32. The van der Waals surface area contributed by atoms with Crippen molar-refractivity contribution in [3.63, 3.8) is 0 Å². The fraction of sp³-hybridized carbons (Fsp3) is 0.333. The molecule has 4 rings (SSSR count). The van der Waals surface area contributed by atoms with E-state index in [0.29, 0.717) is 5.15 Å². The molecule has 7 nitrogen and oxygen atoms in total. The number of aryl methyl sites for hydroxylation is 1. The fourth-order valence-corrected chi connectivity index (χ4v) is 3.51. The summed E-state index contributed by atoms with van der Waals surface area (Å²) in [5.74, 6) is 1.88. The summed E-state index contributed by atoms with van der Waals surface area (Å²) < 4.78 is 3.14. The molecule has 0 bridgehead atoms. The van der Waals surface area contributed by atoms with E-state index in [4.69, 9.17) is 11.6 Å². The van der Waals surface area contributed by atoms with Gasteiger partial charge in [-0.3, -0.25) is 0 Å². The Morgan fingerprint density at radius 3 is 2.42 bits per heavy atom. The maximum Gasteiger partial charge on any atom is 0.350 e. The maximum absolute atomic E-state index is 12.6. The third-order valence-electron chi connectivity index (χ3n) is 4.77. The number of halogens is 1. The summed E-state index contributed by atoms with van der Waals surface area (Å²) in [5.41, 5.74) is 0.740. The van der Waals surface area contributed by atoms with Crippen molar-refractivity contribution in [3.8, 4) is 5.69 Å². The summed E-state index contributed by atoms with van der Waals surface area (Å²) >= 11 is 5.81. The van der Waals surface area contributed by atoms with Gasteiger partial charge in [0.25, 0.3) is 0 Å². The molecule has 0 N–H and O–H groups in total. The van der Waals surface area contributed by atoms with Gasteiger partial charge in [0.15, 0.2) is 11.0 Å². The summed E-state index contributed by atoms with van der Waals surface area (Å²) in [7, 11) is 1.70. The van der Waals surface area contributed by atoms with Gasteiger partial charge >= 0.3 is 5.69 Å². The molecule has 1 aliphatic rings. The molecule has 0 aliphatic carbocycles. The van der Waals surface area contributed by atoms with Crippen LogP contribution in [0.1, 0.15) is 24.6 Å². The monoisotopic (exact) mass is 370 g/mol. The summed E-state index contributed by atoms with van der Waals surface area (Å²) in [4.78, 5) is 14.8. The Labute approximate surface area is 155 Å². The molecule has 0 radical (unpaired) electrons. The van der Waals surface area contributed by atoms with Crippen LogP contribution in [0.25, 0.3) is 5.69 Å². The Bertz CT molecular complexity index is 942. The van der Waals surface area contributed by atoms with Crippen molar-refractivity contribution in [2.45, 2.75) is 18.8 Å². The zero-order chi connectivity index (χ0) is 18.1. The molecule has 2 aromatic heterocycles. The summed E-state index contributed by atoms with van der Waals surface area (Å²) in [6.45, 7) is 1.67. The lowest BCUT2D eigenvalue weighted by molar-refractivity contribution is 0.474. The van der Waals surface area contributed by atoms with Gasteiger partial charge in [0.2, 0.25) is 0 Å². The first-order valence-corrected chi connectivity index (χ1v) is 8.97. The minimum absolute atomic E-state index is 0.114. The van der Waals surface area contributed by atoms with E-state index in [-0.39, 0.29) is 11.6 Å². The third-order valence-corrected chi connectivity index (χ3v) is 4.97. The Kier molecular flexibility index (Phi) is 4.46. The van der Waals surface area contributed by atoms with Crippen LogP contribution in [0, 0.1) is 0 Å². The van der Waals surface area contributed by atoms with Crippen molar-refractivity contribution in [1.29, 1.82) is 0 Å². The number of nitrogens with zero attached hydrogens (tertiary/aromatic N) is 6. The van der Waals surface area contributed by atoms with Crippen LogP contribution >= 0.6 is 11.6 Å². The van der Waals surface area contributed by atoms with E-state index in [1.165, 1.54) is 4.68 Å². The van der Waals surface area contributed by atoms with Crippen molar-refractivity contribution >= 4 is 17.4 Å². The predicted molar refractivity (Wildman–Crippen MR) is 100 cm³/mol. The molecule has 0 amide bonds. The van der Waals surface area contributed by atoms with Gasteiger partial charge in [0, 0.05) is 26.1 Å². The lowest BCUT2D eigenvalue weighted by Crippen LogP contribution is -2.34. The van der Waals surface area contributed by atoms with Gasteiger partial charge < -0.3 is 4.90 Å². The first-order chi connectivity index (χ1) is 12.6. The number of benzene rings is 1. The van der Waals surface area contributed by atoms with Crippen LogP contribution < -0.4 is 10.6 Å². The number of piperidine rings is 1. The average Bonchev–Trinajstić information content (AvgIpc) is 2.98. The van der Waals surface area contributed by atoms with Crippen LogP contribution in [-0.2, 0) is 7.05 Å². The second-order valence-electron chi connectivity index (χ2n) is 6.41. The van der Waals surface area contributed by atoms with Gasteiger partial charge in [-0.05, 0) is 37.1 Å². The second kappa shape index (κ2) is 6.92. The molecule has 3 aromatic rings. The second-order valence-corrected chi connectivity index (χ2v) is 6.80. The van der Waals surface area contributed by atoms with Crippen LogP contribution in [-0.4, -0.2) is 37.6 Å². The molecule has 134 valence electrons. The number of hydrogen-bond donors (Lipinski definition) is 0. The fourth-order valence-electron chi connectivity index (χ4n) is 3.41. The van der Waals surface area contributed by atoms with E-state index in [1.54, 1.807) is 17.7 Å². The molecule has 1 aliphatic heterocycles. The minimum atomic E-state index is -0.114. The zero-order valence-electron chi connectivity index (χ0n) is 14.4. The molecule has 0 unspecified atom stereocenters. The molecule has 0 spiro atoms. The number of anilines is 1. The largest absolute Gasteiger partial charge is 0.355 e. The predicted octanol–water partition coefficient (Wildman–Crippen LogP) is 2.40. The van der Waals surface area contributed by atoms with Gasteiger partial charge in [-0.1, -0.05) is 29.8 Å². The molecule has 0 atom stereocenters. The summed E-state index contributed by atoms with van der Waals surface area (Å²) in [6.07, 6.45) is 1.79. The van der Waals surface area contributed by atoms with Gasteiger partial charge in [-0.2, -0.15) is 5.10 Å². The average molecular weight is 371 g/mol. The molecule has 26 heavy (non-hydrogen) atoms. The normalized spacial score (nSPS) is 15.4. The van der Waals surface area contributed by atoms with Crippen molar-refractivity contribution in [2.75, 3.05) is 18.0 Å². The Balaban J connectivity index is 1.58. The molecule has 8 heteroatoms. The zero-order valence-corrected chi connectivity index (χ0v) is 15.2. The van der Waals surface area contributed by atoms with Crippen LogP contribution in [0.2, 0.25) is 5.15 Å². The van der Waals surface area contributed by atoms with Crippen LogP contribution in [0.4, 0.5) is 5.82 Å². The first-order valence-electron chi connectivity index (χ1n) is 8.59. The van der Waals surface area contributed by atoms with Crippen LogP contribution in [0.3, 0.4) is 0 Å². The van der Waals surface area contributed by atoms with Gasteiger partial charge in [-0.25, -0.2) is 14.0 Å². The lowest BCUT2D eigenvalue weighted by atomic mass is 9.95. The van der Waals surface area contributed by atoms with Crippen LogP contribution in [0.5, 0.6) is 0 Å². The third kappa shape index (κ3) is 3.10. The van der Waals surface area contributed by atoms with Crippen LogP contribution in [0.15, 0.2) is 47.3 Å². The van der Waals surface area contributed by atoms with E-state index < -0.39 is 0 Å². The van der Waals surface area contributed by atoms with Crippen molar-refractivity contribution < 1.29 is 0 Å². The smallest absolute Gasteiger partial charge is 0.350 e. The highest BCUT2D eigenvalue weighted by molar-refractivity contribution is 6.29.